The van der Waals surface area contributed by atoms with Crippen molar-refractivity contribution in [3.8, 4) is 0 Å². The number of hydrogen-bond acceptors (Lipinski definition) is 2. The molecule has 3 nitrogen and oxygen atoms in total. The van der Waals surface area contributed by atoms with Crippen LogP contribution in [0.4, 0.5) is 0 Å². The topological polar surface area (TPSA) is 32.3 Å². The van der Waals surface area contributed by atoms with E-state index in [1.807, 2.05) is 13.8 Å². The summed E-state index contributed by atoms with van der Waals surface area (Å²) in [4.78, 5) is 14.0. The molecule has 1 amide bonds. The van der Waals surface area contributed by atoms with E-state index >= 15 is 0 Å². The van der Waals surface area contributed by atoms with Crippen molar-refractivity contribution in [2.75, 3.05) is 13.1 Å². The monoisotopic (exact) mass is 286 g/mol. The Labute approximate surface area is 117 Å². The molecule has 2 rings (SSSR count). The Morgan fingerprint density at radius 3 is 2.56 bits per heavy atom. The van der Waals surface area contributed by atoms with E-state index in [1.54, 1.807) is 23.1 Å². The van der Waals surface area contributed by atoms with Gasteiger partial charge in [0.1, 0.15) is 0 Å². The summed E-state index contributed by atoms with van der Waals surface area (Å²) >= 11 is 12.3. The van der Waals surface area contributed by atoms with Crippen LogP contribution in [-0.2, 0) is 11.3 Å². The lowest BCUT2D eigenvalue weighted by atomic mass is 10.0. The summed E-state index contributed by atoms with van der Waals surface area (Å²) in [5, 5.41) is 4.40. The molecule has 1 N–H and O–H groups in total. The number of carbonyl (C=O) groups is 1. The summed E-state index contributed by atoms with van der Waals surface area (Å²) < 4.78 is 0. The lowest BCUT2D eigenvalue weighted by molar-refractivity contribution is -0.140. The summed E-state index contributed by atoms with van der Waals surface area (Å²) in [7, 11) is 0. The molecule has 1 aliphatic rings. The Morgan fingerprint density at radius 2 is 1.94 bits per heavy atom. The molecule has 0 radical (unpaired) electrons. The van der Waals surface area contributed by atoms with Gasteiger partial charge in [0.25, 0.3) is 0 Å². The second-order valence-electron chi connectivity index (χ2n) is 4.98. The maximum absolute atomic E-state index is 12.3. The Kier molecular flexibility index (Phi) is 3.85. The summed E-state index contributed by atoms with van der Waals surface area (Å²) in [6.45, 7) is 5.68. The van der Waals surface area contributed by atoms with Crippen molar-refractivity contribution >= 4 is 29.1 Å². The number of carbonyl (C=O) groups excluding carboxylic acids is 1. The number of rotatable bonds is 2. The second-order valence-corrected chi connectivity index (χ2v) is 5.79. The molecule has 0 unspecified atom stereocenters. The predicted molar refractivity (Wildman–Crippen MR) is 74.0 cm³/mol. The first-order valence-electron chi connectivity index (χ1n) is 5.89. The van der Waals surface area contributed by atoms with Crippen LogP contribution in [0.15, 0.2) is 18.2 Å². The van der Waals surface area contributed by atoms with Crippen LogP contribution in [0.3, 0.4) is 0 Å². The molecular weight excluding hydrogens is 271 g/mol. The first-order valence-corrected chi connectivity index (χ1v) is 6.65. The molecule has 1 aromatic rings. The maximum atomic E-state index is 12.3. The van der Waals surface area contributed by atoms with E-state index in [0.717, 1.165) is 12.1 Å². The minimum Gasteiger partial charge on any atom is -0.335 e. The molecule has 0 aliphatic carbocycles. The number of amides is 1. The van der Waals surface area contributed by atoms with Gasteiger partial charge in [-0.25, -0.2) is 0 Å². The van der Waals surface area contributed by atoms with E-state index in [2.05, 4.69) is 5.32 Å². The molecule has 0 bridgehead atoms. The van der Waals surface area contributed by atoms with Crippen molar-refractivity contribution in [1.29, 1.82) is 0 Å². The number of piperazine rings is 1. The van der Waals surface area contributed by atoms with Gasteiger partial charge in [-0.3, -0.25) is 4.79 Å². The zero-order chi connectivity index (χ0) is 13.3. The lowest BCUT2D eigenvalue weighted by Crippen LogP contribution is -2.60. The van der Waals surface area contributed by atoms with Gasteiger partial charge in [-0.1, -0.05) is 29.3 Å². The number of nitrogens with one attached hydrogen (secondary N) is 1. The smallest absolute Gasteiger partial charge is 0.242 e. The summed E-state index contributed by atoms with van der Waals surface area (Å²) in [5.74, 6) is 0.0738. The van der Waals surface area contributed by atoms with E-state index in [0.29, 0.717) is 23.1 Å². The summed E-state index contributed by atoms with van der Waals surface area (Å²) in [6.07, 6.45) is 0. The molecule has 0 atom stereocenters. The minimum atomic E-state index is -0.522. The third-order valence-corrected chi connectivity index (χ3v) is 3.89. The highest BCUT2D eigenvalue weighted by Crippen LogP contribution is 2.27. The number of halogens is 2. The standard InChI is InChI=1S/C13H16Cl2N2O/c1-13(2)12(18)17(7-6-16-13)8-9-10(14)4-3-5-11(9)15/h3-5,16H,6-8H2,1-2H3. The van der Waals surface area contributed by atoms with Gasteiger partial charge in [0.2, 0.25) is 5.91 Å². The fourth-order valence-electron chi connectivity index (χ4n) is 2.10. The van der Waals surface area contributed by atoms with Crippen molar-refractivity contribution in [1.82, 2.24) is 10.2 Å². The van der Waals surface area contributed by atoms with E-state index in [4.69, 9.17) is 23.2 Å². The van der Waals surface area contributed by atoms with E-state index in [9.17, 15) is 4.79 Å². The average Bonchev–Trinajstić information content (AvgIpc) is 2.29. The van der Waals surface area contributed by atoms with Crippen molar-refractivity contribution in [3.63, 3.8) is 0 Å². The molecule has 0 aromatic heterocycles. The quantitative estimate of drug-likeness (QED) is 0.907. The minimum absolute atomic E-state index is 0.0738. The van der Waals surface area contributed by atoms with Crippen molar-refractivity contribution in [2.45, 2.75) is 25.9 Å². The molecule has 5 heteroatoms. The van der Waals surface area contributed by atoms with Crippen molar-refractivity contribution in [2.24, 2.45) is 0 Å². The molecule has 1 aliphatic heterocycles. The van der Waals surface area contributed by atoms with E-state index in [1.165, 1.54) is 0 Å². The normalized spacial score (nSPS) is 19.1. The average molecular weight is 287 g/mol. The highest BCUT2D eigenvalue weighted by Gasteiger charge is 2.35. The van der Waals surface area contributed by atoms with Crippen LogP contribution in [0.5, 0.6) is 0 Å². The molecule has 18 heavy (non-hydrogen) atoms. The van der Waals surface area contributed by atoms with Gasteiger partial charge in [-0.2, -0.15) is 0 Å². The Morgan fingerprint density at radius 1 is 1.33 bits per heavy atom. The molecule has 98 valence electrons. The van der Waals surface area contributed by atoms with Gasteiger partial charge in [-0.15, -0.1) is 0 Å². The van der Waals surface area contributed by atoms with Crippen LogP contribution in [0, 0.1) is 0 Å². The second kappa shape index (κ2) is 5.08. The summed E-state index contributed by atoms with van der Waals surface area (Å²) in [5.41, 5.74) is 0.290. The molecule has 0 saturated carbocycles. The van der Waals surface area contributed by atoms with Crippen molar-refractivity contribution < 1.29 is 4.79 Å². The maximum Gasteiger partial charge on any atom is 0.242 e. The predicted octanol–water partition coefficient (Wildman–Crippen LogP) is 2.70. The molecular formula is C13H16Cl2N2O. The largest absolute Gasteiger partial charge is 0.335 e. The zero-order valence-corrected chi connectivity index (χ0v) is 12.0. The van der Waals surface area contributed by atoms with E-state index < -0.39 is 5.54 Å². The first-order chi connectivity index (χ1) is 8.42. The van der Waals surface area contributed by atoms with Crippen LogP contribution < -0.4 is 5.32 Å². The fourth-order valence-corrected chi connectivity index (χ4v) is 2.62. The highest BCUT2D eigenvalue weighted by molar-refractivity contribution is 6.36. The third kappa shape index (κ3) is 2.63. The third-order valence-electron chi connectivity index (χ3n) is 3.18. The summed E-state index contributed by atoms with van der Waals surface area (Å²) in [6, 6.07) is 5.39. The Bertz CT molecular complexity index is 454. The number of benzene rings is 1. The molecule has 1 fully saturated rings. The highest BCUT2D eigenvalue weighted by atomic mass is 35.5. The van der Waals surface area contributed by atoms with Gasteiger partial charge in [-0.05, 0) is 26.0 Å². The first kappa shape index (κ1) is 13.7. The van der Waals surface area contributed by atoms with Crippen molar-refractivity contribution in [3.05, 3.63) is 33.8 Å². The molecule has 1 heterocycles. The Hall–Kier alpha value is -0.770. The molecule has 1 saturated heterocycles. The zero-order valence-electron chi connectivity index (χ0n) is 10.5. The van der Waals surface area contributed by atoms with Crippen LogP contribution in [0.1, 0.15) is 19.4 Å². The van der Waals surface area contributed by atoms with Gasteiger partial charge >= 0.3 is 0 Å². The van der Waals surface area contributed by atoms with Gasteiger partial charge < -0.3 is 10.2 Å². The molecule has 0 spiro atoms. The fraction of sp³-hybridized carbons (Fsp3) is 0.462. The van der Waals surface area contributed by atoms with Crippen LogP contribution in [-0.4, -0.2) is 29.4 Å². The van der Waals surface area contributed by atoms with Crippen LogP contribution >= 0.6 is 23.2 Å². The van der Waals surface area contributed by atoms with Crippen LogP contribution in [0.25, 0.3) is 0 Å². The van der Waals surface area contributed by atoms with Crippen LogP contribution in [0.2, 0.25) is 10.0 Å². The Balaban J connectivity index is 2.21. The lowest BCUT2D eigenvalue weighted by Gasteiger charge is -2.38. The number of nitrogens with zero attached hydrogens (tertiary/aromatic N) is 1. The van der Waals surface area contributed by atoms with Gasteiger partial charge in [0, 0.05) is 35.2 Å². The SMILES string of the molecule is CC1(C)NCCN(Cc2c(Cl)cccc2Cl)C1=O. The van der Waals surface area contributed by atoms with Gasteiger partial charge in [0.15, 0.2) is 0 Å². The van der Waals surface area contributed by atoms with Gasteiger partial charge in [0.05, 0.1) is 5.54 Å². The molecule has 1 aromatic carbocycles. The number of hydrogen-bond donors (Lipinski definition) is 1. The van der Waals surface area contributed by atoms with E-state index in [-0.39, 0.29) is 5.91 Å².